The van der Waals surface area contributed by atoms with Gasteiger partial charge in [-0.05, 0) is 17.5 Å². The van der Waals surface area contributed by atoms with E-state index in [0.29, 0.717) is 17.4 Å². The van der Waals surface area contributed by atoms with Gasteiger partial charge in [0.2, 0.25) is 11.7 Å². The van der Waals surface area contributed by atoms with Gasteiger partial charge in [-0.15, -0.1) is 0 Å². The Labute approximate surface area is 141 Å². The molecule has 3 aromatic heterocycles. The Hall–Kier alpha value is -3.06. The highest BCUT2D eigenvalue weighted by molar-refractivity contribution is 7.08. The molecule has 0 fully saturated rings. The average molecular weight is 336 g/mol. The van der Waals surface area contributed by atoms with E-state index >= 15 is 0 Å². The molecule has 6 nitrogen and oxygen atoms in total. The quantitative estimate of drug-likeness (QED) is 0.572. The third-order valence-corrected chi connectivity index (χ3v) is 4.15. The van der Waals surface area contributed by atoms with Gasteiger partial charge in [-0.25, -0.2) is 4.68 Å². The van der Waals surface area contributed by atoms with Gasteiger partial charge < -0.3 is 4.52 Å². The molecule has 4 rings (SSSR count). The first kappa shape index (κ1) is 14.5. The fourth-order valence-electron chi connectivity index (χ4n) is 2.28. The van der Waals surface area contributed by atoms with Crippen LogP contribution < -0.4 is 5.56 Å². The summed E-state index contributed by atoms with van der Waals surface area (Å²) in [5.74, 6) is 0.856. The number of hydrogen-bond acceptors (Lipinski definition) is 6. The van der Waals surface area contributed by atoms with Crippen molar-refractivity contribution in [3.63, 3.8) is 0 Å². The molecule has 1 aromatic carbocycles. The second-order valence-corrected chi connectivity index (χ2v) is 5.88. The molecule has 4 aromatic rings. The molecule has 0 N–H and O–H groups in total. The Morgan fingerprint density at radius 1 is 1.04 bits per heavy atom. The van der Waals surface area contributed by atoms with Gasteiger partial charge >= 0.3 is 0 Å². The van der Waals surface area contributed by atoms with Crippen LogP contribution in [0.4, 0.5) is 0 Å². The molecule has 0 spiro atoms. The maximum Gasteiger partial charge on any atom is 0.267 e. The van der Waals surface area contributed by atoms with Crippen molar-refractivity contribution in [3.05, 3.63) is 75.5 Å². The summed E-state index contributed by atoms with van der Waals surface area (Å²) >= 11 is 1.56. The lowest BCUT2D eigenvalue weighted by molar-refractivity contribution is 0.363. The topological polar surface area (TPSA) is 73.8 Å². The van der Waals surface area contributed by atoms with Gasteiger partial charge in [0.15, 0.2) is 0 Å². The third kappa shape index (κ3) is 2.89. The summed E-state index contributed by atoms with van der Waals surface area (Å²) in [4.78, 5) is 16.4. The maximum absolute atomic E-state index is 12.1. The Morgan fingerprint density at radius 3 is 2.71 bits per heavy atom. The summed E-state index contributed by atoms with van der Waals surface area (Å²) in [6.45, 7) is 0.136. The molecule has 0 aliphatic carbocycles. The summed E-state index contributed by atoms with van der Waals surface area (Å²) < 4.78 is 6.56. The fourth-order valence-corrected chi connectivity index (χ4v) is 2.92. The molecule has 0 saturated carbocycles. The summed E-state index contributed by atoms with van der Waals surface area (Å²) in [6, 6.07) is 14.8. The smallest absolute Gasteiger partial charge is 0.267 e. The lowest BCUT2D eigenvalue weighted by atomic mass is 10.1. The number of hydrogen-bond donors (Lipinski definition) is 0. The van der Waals surface area contributed by atoms with Gasteiger partial charge in [-0.3, -0.25) is 4.79 Å². The van der Waals surface area contributed by atoms with Crippen LogP contribution in [0.5, 0.6) is 0 Å². The average Bonchev–Trinajstić information content (AvgIpc) is 3.29. The summed E-state index contributed by atoms with van der Waals surface area (Å²) in [5, 5.41) is 12.2. The van der Waals surface area contributed by atoms with Crippen molar-refractivity contribution in [2.45, 2.75) is 6.54 Å². The minimum Gasteiger partial charge on any atom is -0.337 e. The maximum atomic E-state index is 12.1. The molecule has 0 aliphatic rings. The van der Waals surface area contributed by atoms with Crippen molar-refractivity contribution >= 4 is 11.3 Å². The largest absolute Gasteiger partial charge is 0.337 e. The van der Waals surface area contributed by atoms with Crippen molar-refractivity contribution < 1.29 is 4.52 Å². The van der Waals surface area contributed by atoms with Crippen LogP contribution in [-0.4, -0.2) is 19.9 Å². The fraction of sp³-hybridized carbons (Fsp3) is 0.0588. The second kappa shape index (κ2) is 6.21. The second-order valence-electron chi connectivity index (χ2n) is 5.10. The predicted octanol–water partition coefficient (Wildman–Crippen LogP) is 3.07. The lowest BCUT2D eigenvalue weighted by Gasteiger charge is -2.04. The number of aromatic nitrogens is 4. The highest BCUT2D eigenvalue weighted by atomic mass is 32.1. The van der Waals surface area contributed by atoms with Crippen molar-refractivity contribution in [3.8, 4) is 22.6 Å². The van der Waals surface area contributed by atoms with Gasteiger partial charge in [0.25, 0.3) is 5.56 Å². The van der Waals surface area contributed by atoms with E-state index in [0.717, 1.165) is 11.1 Å². The number of nitrogens with zero attached hydrogens (tertiary/aromatic N) is 4. The van der Waals surface area contributed by atoms with Gasteiger partial charge in [-0.1, -0.05) is 35.5 Å². The lowest BCUT2D eigenvalue weighted by Crippen LogP contribution is -2.23. The molecule has 0 unspecified atom stereocenters. The van der Waals surface area contributed by atoms with E-state index in [1.165, 1.54) is 10.7 Å². The van der Waals surface area contributed by atoms with Crippen molar-refractivity contribution in [2.24, 2.45) is 0 Å². The van der Waals surface area contributed by atoms with Gasteiger partial charge in [0, 0.05) is 22.6 Å². The normalized spacial score (nSPS) is 10.8. The first-order valence-corrected chi connectivity index (χ1v) is 8.22. The van der Waals surface area contributed by atoms with Crippen molar-refractivity contribution in [1.29, 1.82) is 0 Å². The van der Waals surface area contributed by atoms with Crippen LogP contribution in [0, 0.1) is 0 Å². The molecule has 0 saturated heterocycles. The Bertz CT molecular complexity index is 1010. The third-order valence-electron chi connectivity index (χ3n) is 3.47. The zero-order valence-corrected chi connectivity index (χ0v) is 13.3. The first-order chi connectivity index (χ1) is 11.8. The summed E-state index contributed by atoms with van der Waals surface area (Å²) in [5.41, 5.74) is 2.34. The number of benzene rings is 1. The Morgan fingerprint density at radius 2 is 1.92 bits per heavy atom. The molecule has 0 radical (unpaired) electrons. The zero-order chi connectivity index (χ0) is 16.4. The predicted molar refractivity (Wildman–Crippen MR) is 90.6 cm³/mol. The van der Waals surface area contributed by atoms with Crippen molar-refractivity contribution in [2.75, 3.05) is 0 Å². The van der Waals surface area contributed by atoms with Crippen molar-refractivity contribution in [1.82, 2.24) is 19.9 Å². The zero-order valence-electron chi connectivity index (χ0n) is 12.5. The molecule has 0 aliphatic heterocycles. The summed E-state index contributed by atoms with van der Waals surface area (Å²) in [7, 11) is 0. The molecular formula is C17H12N4O2S. The van der Waals surface area contributed by atoms with Crippen LogP contribution in [-0.2, 0) is 6.54 Å². The number of thiophene rings is 1. The van der Waals surface area contributed by atoms with Crippen LogP contribution in [0.25, 0.3) is 22.6 Å². The van der Waals surface area contributed by atoms with E-state index < -0.39 is 0 Å². The Kier molecular flexibility index (Phi) is 3.76. The SMILES string of the molecule is O=c1ccc(-c2ccccc2)nn1Cc1nc(-c2ccsc2)no1. The van der Waals surface area contributed by atoms with Gasteiger partial charge in [-0.2, -0.15) is 21.4 Å². The molecule has 0 atom stereocenters. The molecule has 118 valence electrons. The first-order valence-electron chi connectivity index (χ1n) is 7.28. The molecule has 0 amide bonds. The molecule has 24 heavy (non-hydrogen) atoms. The molecule has 3 heterocycles. The minimum atomic E-state index is -0.218. The van der Waals surface area contributed by atoms with E-state index in [1.54, 1.807) is 17.4 Å². The van der Waals surface area contributed by atoms with Crippen LogP contribution in [0.2, 0.25) is 0 Å². The van der Waals surface area contributed by atoms with Gasteiger partial charge in [0.1, 0.15) is 6.54 Å². The number of rotatable bonds is 4. The monoisotopic (exact) mass is 336 g/mol. The van der Waals surface area contributed by atoms with E-state index in [9.17, 15) is 4.79 Å². The molecular weight excluding hydrogens is 324 g/mol. The minimum absolute atomic E-state index is 0.136. The van der Waals surface area contributed by atoms with E-state index in [-0.39, 0.29) is 12.1 Å². The van der Waals surface area contributed by atoms with Gasteiger partial charge in [0.05, 0.1) is 5.69 Å². The highest BCUT2D eigenvalue weighted by Crippen LogP contribution is 2.19. The molecule has 0 bridgehead atoms. The van der Waals surface area contributed by atoms with Crippen LogP contribution >= 0.6 is 11.3 Å². The van der Waals surface area contributed by atoms with Crippen LogP contribution in [0.1, 0.15) is 5.89 Å². The van der Waals surface area contributed by atoms with E-state index in [2.05, 4.69) is 15.2 Å². The highest BCUT2D eigenvalue weighted by Gasteiger charge is 2.11. The summed E-state index contributed by atoms with van der Waals surface area (Å²) in [6.07, 6.45) is 0. The van der Waals surface area contributed by atoms with E-state index in [1.807, 2.05) is 47.2 Å². The molecule has 7 heteroatoms. The Balaban J connectivity index is 1.64. The standard InChI is InChI=1S/C17H12N4O2S/c22-16-7-6-14(12-4-2-1-3-5-12)19-21(16)10-15-18-17(20-23-15)13-8-9-24-11-13/h1-9,11H,10H2. The van der Waals surface area contributed by atoms with Crippen LogP contribution in [0.3, 0.4) is 0 Å². The van der Waals surface area contributed by atoms with E-state index in [4.69, 9.17) is 4.52 Å². The van der Waals surface area contributed by atoms with Crippen LogP contribution in [0.15, 0.2) is 68.6 Å².